The van der Waals surface area contributed by atoms with Crippen LogP contribution in [0.1, 0.15) is 44.4 Å². The normalized spacial score (nSPS) is 12.9. The number of rotatable bonds is 5. The molecule has 0 unspecified atom stereocenters. The molecule has 0 radical (unpaired) electrons. The molecule has 25 heavy (non-hydrogen) atoms. The van der Waals surface area contributed by atoms with Gasteiger partial charge in [-0.15, -0.1) is 0 Å². The summed E-state index contributed by atoms with van der Waals surface area (Å²) >= 11 is 0. The minimum atomic E-state index is -0.366. The topological polar surface area (TPSA) is 83.6 Å². The van der Waals surface area contributed by atoms with E-state index in [0.717, 1.165) is 4.90 Å². The van der Waals surface area contributed by atoms with Gasteiger partial charge in [-0.2, -0.15) is 0 Å². The number of nitrogens with one attached hydrogen (secondary N) is 1. The molecule has 6 nitrogen and oxygen atoms in total. The first-order chi connectivity index (χ1) is 12.0. The third-order valence-corrected chi connectivity index (χ3v) is 3.97. The van der Waals surface area contributed by atoms with Gasteiger partial charge < -0.3 is 5.32 Å². The molecule has 0 atom stereocenters. The number of amides is 3. The molecule has 1 N–H and O–H groups in total. The van der Waals surface area contributed by atoms with E-state index in [1.54, 1.807) is 48.5 Å². The van der Waals surface area contributed by atoms with Crippen molar-refractivity contribution in [1.82, 2.24) is 4.90 Å². The average Bonchev–Trinajstić information content (AvgIpc) is 2.84. The number of ketones is 1. The lowest BCUT2D eigenvalue weighted by Gasteiger charge is -2.13. The molecule has 0 spiro atoms. The third-order valence-electron chi connectivity index (χ3n) is 3.97. The van der Waals surface area contributed by atoms with Crippen LogP contribution < -0.4 is 5.32 Å². The van der Waals surface area contributed by atoms with Crippen molar-refractivity contribution in [2.45, 2.75) is 13.3 Å². The fourth-order valence-corrected chi connectivity index (χ4v) is 2.74. The lowest BCUT2D eigenvalue weighted by molar-refractivity contribution is -0.114. The summed E-state index contributed by atoms with van der Waals surface area (Å²) in [6.07, 6.45) is 0.0466. The van der Waals surface area contributed by atoms with Crippen LogP contribution in [0.3, 0.4) is 0 Å². The van der Waals surface area contributed by atoms with Gasteiger partial charge in [0, 0.05) is 31.1 Å². The number of benzene rings is 2. The Morgan fingerprint density at radius 1 is 0.920 bits per heavy atom. The summed E-state index contributed by atoms with van der Waals surface area (Å²) in [7, 11) is 0. The van der Waals surface area contributed by atoms with E-state index >= 15 is 0 Å². The summed E-state index contributed by atoms with van der Waals surface area (Å²) in [6.45, 7) is 1.44. The maximum atomic E-state index is 12.3. The first-order valence-corrected chi connectivity index (χ1v) is 7.83. The monoisotopic (exact) mass is 336 g/mol. The van der Waals surface area contributed by atoms with Crippen LogP contribution in [0.25, 0.3) is 0 Å². The van der Waals surface area contributed by atoms with Crippen molar-refractivity contribution in [3.63, 3.8) is 0 Å². The van der Waals surface area contributed by atoms with E-state index in [2.05, 4.69) is 5.32 Å². The summed E-state index contributed by atoms with van der Waals surface area (Å²) in [5.41, 5.74) is 1.81. The van der Waals surface area contributed by atoms with Crippen molar-refractivity contribution >= 4 is 29.2 Å². The van der Waals surface area contributed by atoms with E-state index in [0.29, 0.717) is 22.4 Å². The van der Waals surface area contributed by atoms with Crippen LogP contribution in [-0.2, 0) is 4.79 Å². The van der Waals surface area contributed by atoms with E-state index in [1.165, 1.54) is 6.92 Å². The lowest BCUT2D eigenvalue weighted by atomic mass is 10.1. The zero-order valence-electron chi connectivity index (χ0n) is 13.6. The van der Waals surface area contributed by atoms with Crippen LogP contribution in [0.15, 0.2) is 48.5 Å². The van der Waals surface area contributed by atoms with Crippen LogP contribution in [0, 0.1) is 0 Å². The minimum Gasteiger partial charge on any atom is -0.326 e. The van der Waals surface area contributed by atoms with Crippen LogP contribution in [0.4, 0.5) is 5.69 Å². The highest BCUT2D eigenvalue weighted by molar-refractivity contribution is 6.21. The van der Waals surface area contributed by atoms with E-state index in [-0.39, 0.29) is 36.5 Å². The standard InChI is InChI=1S/C19H16N2O4/c1-12(22)20-14-8-6-13(7-9-14)17(23)10-11-21-18(24)15-4-2-3-5-16(15)19(21)25/h2-9H,10-11H2,1H3,(H,20,22). The Labute approximate surface area is 144 Å². The molecule has 0 fully saturated rings. The van der Waals surface area contributed by atoms with Gasteiger partial charge in [0.15, 0.2) is 5.78 Å². The Kier molecular flexibility index (Phi) is 4.43. The number of hydrogen-bond donors (Lipinski definition) is 1. The summed E-state index contributed by atoms with van der Waals surface area (Å²) in [5, 5.41) is 2.62. The van der Waals surface area contributed by atoms with Gasteiger partial charge in [0.2, 0.25) is 5.91 Å². The molecule has 126 valence electrons. The number of imide groups is 1. The van der Waals surface area contributed by atoms with Crippen LogP contribution in [0.5, 0.6) is 0 Å². The molecule has 3 rings (SSSR count). The Bertz CT molecular complexity index is 836. The van der Waals surface area contributed by atoms with Crippen LogP contribution in [-0.4, -0.2) is 34.9 Å². The van der Waals surface area contributed by atoms with Gasteiger partial charge in [-0.05, 0) is 36.4 Å². The number of Topliss-reactive ketones (excluding diaryl/α,β-unsaturated/α-hetero) is 1. The Morgan fingerprint density at radius 3 is 2.00 bits per heavy atom. The number of fused-ring (bicyclic) bond motifs is 1. The molecular formula is C19H16N2O4. The van der Waals surface area contributed by atoms with Gasteiger partial charge in [-0.3, -0.25) is 24.1 Å². The average molecular weight is 336 g/mol. The summed E-state index contributed by atoms with van der Waals surface area (Å²) in [5.74, 6) is -1.10. The number of anilines is 1. The SMILES string of the molecule is CC(=O)Nc1ccc(C(=O)CCN2C(=O)c3ccccc3C2=O)cc1. The number of hydrogen-bond acceptors (Lipinski definition) is 4. The smallest absolute Gasteiger partial charge is 0.261 e. The van der Waals surface area contributed by atoms with Crippen molar-refractivity contribution in [2.75, 3.05) is 11.9 Å². The van der Waals surface area contributed by atoms with E-state index < -0.39 is 0 Å². The van der Waals surface area contributed by atoms with E-state index in [4.69, 9.17) is 0 Å². The van der Waals surface area contributed by atoms with Crippen LogP contribution >= 0.6 is 0 Å². The maximum Gasteiger partial charge on any atom is 0.261 e. The van der Waals surface area contributed by atoms with Gasteiger partial charge in [0.25, 0.3) is 11.8 Å². The van der Waals surface area contributed by atoms with Crippen molar-refractivity contribution in [2.24, 2.45) is 0 Å². The molecule has 0 saturated carbocycles. The second-order valence-electron chi connectivity index (χ2n) is 5.74. The van der Waals surface area contributed by atoms with Gasteiger partial charge in [-0.1, -0.05) is 12.1 Å². The molecule has 3 amide bonds. The molecule has 2 aromatic rings. The minimum absolute atomic E-state index is 0.0403. The number of carbonyl (C=O) groups is 4. The first kappa shape index (κ1) is 16.6. The van der Waals surface area contributed by atoms with E-state index in [9.17, 15) is 19.2 Å². The number of carbonyl (C=O) groups excluding carboxylic acids is 4. The Balaban J connectivity index is 1.64. The van der Waals surface area contributed by atoms with Crippen LogP contribution in [0.2, 0.25) is 0 Å². The predicted octanol–water partition coefficient (Wildman–Crippen LogP) is 2.51. The van der Waals surface area contributed by atoms with Crippen molar-refractivity contribution in [1.29, 1.82) is 0 Å². The largest absolute Gasteiger partial charge is 0.326 e. The summed E-state index contributed by atoms with van der Waals surface area (Å²) in [6, 6.07) is 13.1. The van der Waals surface area contributed by atoms with Gasteiger partial charge in [-0.25, -0.2) is 0 Å². The molecule has 0 saturated heterocycles. The molecule has 0 bridgehead atoms. The molecular weight excluding hydrogens is 320 g/mol. The molecule has 1 aliphatic heterocycles. The Morgan fingerprint density at radius 2 is 1.48 bits per heavy atom. The second-order valence-corrected chi connectivity index (χ2v) is 5.74. The highest BCUT2D eigenvalue weighted by Crippen LogP contribution is 2.22. The van der Waals surface area contributed by atoms with Crippen molar-refractivity contribution in [3.05, 3.63) is 65.2 Å². The molecule has 1 heterocycles. The molecule has 0 aromatic heterocycles. The second kappa shape index (κ2) is 6.68. The van der Waals surface area contributed by atoms with Gasteiger partial charge in [0.1, 0.15) is 0 Å². The number of nitrogens with zero attached hydrogens (tertiary/aromatic N) is 1. The van der Waals surface area contributed by atoms with Crippen molar-refractivity contribution < 1.29 is 19.2 Å². The fraction of sp³-hybridized carbons (Fsp3) is 0.158. The molecule has 1 aliphatic rings. The predicted molar refractivity (Wildman–Crippen MR) is 91.5 cm³/mol. The summed E-state index contributed by atoms with van der Waals surface area (Å²) < 4.78 is 0. The third kappa shape index (κ3) is 3.33. The molecule has 2 aromatic carbocycles. The fourth-order valence-electron chi connectivity index (χ4n) is 2.74. The maximum absolute atomic E-state index is 12.3. The van der Waals surface area contributed by atoms with Crippen molar-refractivity contribution in [3.8, 4) is 0 Å². The van der Waals surface area contributed by atoms with Gasteiger partial charge >= 0.3 is 0 Å². The molecule has 0 aliphatic carbocycles. The Hall–Kier alpha value is -3.28. The van der Waals surface area contributed by atoms with E-state index in [1.807, 2.05) is 0 Å². The first-order valence-electron chi connectivity index (χ1n) is 7.83. The lowest BCUT2D eigenvalue weighted by Crippen LogP contribution is -2.31. The zero-order valence-corrected chi connectivity index (χ0v) is 13.6. The highest BCUT2D eigenvalue weighted by Gasteiger charge is 2.34. The zero-order chi connectivity index (χ0) is 18.0. The molecule has 6 heteroatoms. The highest BCUT2D eigenvalue weighted by atomic mass is 16.2. The van der Waals surface area contributed by atoms with Gasteiger partial charge in [0.05, 0.1) is 11.1 Å². The summed E-state index contributed by atoms with van der Waals surface area (Å²) in [4.78, 5) is 48.9. The quantitative estimate of drug-likeness (QED) is 0.672.